The Hall–Kier alpha value is -0.880. The maximum absolute atomic E-state index is 11.8. The second-order valence-electron chi connectivity index (χ2n) is 3.27. The van der Waals surface area contributed by atoms with Crippen LogP contribution in [0.1, 0.15) is 5.56 Å². The van der Waals surface area contributed by atoms with E-state index in [0.29, 0.717) is 5.69 Å². The molecule has 1 aromatic carbocycles. The molecule has 0 amide bonds. The highest BCUT2D eigenvalue weighted by Crippen LogP contribution is 2.26. The third-order valence-corrected chi connectivity index (χ3v) is 2.68. The molecule has 0 bridgehead atoms. The van der Waals surface area contributed by atoms with Gasteiger partial charge in [0.15, 0.2) is 0 Å². The molecule has 1 rings (SSSR count). The van der Waals surface area contributed by atoms with Crippen LogP contribution < -0.4 is 5.73 Å². The molecule has 0 saturated carbocycles. The van der Waals surface area contributed by atoms with Gasteiger partial charge in [0.1, 0.15) is 6.61 Å². The Bertz CT molecular complexity index is 354. The first-order valence-corrected chi connectivity index (χ1v) is 5.50. The molecule has 0 aliphatic carbocycles. The number of halogens is 3. The SMILES string of the molecule is Cc1ccc(N)c(SCOCC(F)(F)F)c1. The second-order valence-corrected chi connectivity index (χ2v) is 4.23. The maximum atomic E-state index is 11.8. The fourth-order valence-corrected chi connectivity index (χ4v) is 1.83. The standard InChI is InChI=1S/C10H12F3NOS/c1-7-2-3-8(14)9(4-7)16-6-15-5-10(11,12)13/h2-4H,5-6,14H2,1H3. The van der Waals surface area contributed by atoms with Gasteiger partial charge >= 0.3 is 6.18 Å². The quantitative estimate of drug-likeness (QED) is 0.386. The van der Waals surface area contributed by atoms with Gasteiger partial charge in [0.25, 0.3) is 0 Å². The topological polar surface area (TPSA) is 35.2 Å². The molecule has 0 aliphatic heterocycles. The molecule has 0 aliphatic rings. The zero-order chi connectivity index (χ0) is 12.2. The van der Waals surface area contributed by atoms with Crippen LogP contribution in [0.5, 0.6) is 0 Å². The van der Waals surface area contributed by atoms with Crippen LogP contribution in [0.25, 0.3) is 0 Å². The summed E-state index contributed by atoms with van der Waals surface area (Å²) in [5, 5.41) is 0. The average Bonchev–Trinajstić information content (AvgIpc) is 2.16. The lowest BCUT2D eigenvalue weighted by molar-refractivity contribution is -0.168. The van der Waals surface area contributed by atoms with Crippen molar-refractivity contribution in [1.82, 2.24) is 0 Å². The largest absolute Gasteiger partial charge is 0.411 e. The molecular weight excluding hydrogens is 239 g/mol. The third-order valence-electron chi connectivity index (χ3n) is 1.73. The fraction of sp³-hybridized carbons (Fsp3) is 0.400. The van der Waals surface area contributed by atoms with Crippen LogP contribution in [0.2, 0.25) is 0 Å². The Labute approximate surface area is 96.0 Å². The summed E-state index contributed by atoms with van der Waals surface area (Å²) in [4.78, 5) is 0.738. The zero-order valence-electron chi connectivity index (χ0n) is 8.67. The van der Waals surface area contributed by atoms with E-state index in [2.05, 4.69) is 4.74 Å². The average molecular weight is 251 g/mol. The first-order valence-electron chi connectivity index (χ1n) is 4.52. The van der Waals surface area contributed by atoms with E-state index in [0.717, 1.165) is 22.2 Å². The third kappa shape index (κ3) is 4.76. The van der Waals surface area contributed by atoms with Gasteiger partial charge in [0.2, 0.25) is 0 Å². The minimum absolute atomic E-state index is 0.0623. The Kier molecular flexibility index (Phi) is 4.49. The van der Waals surface area contributed by atoms with Crippen molar-refractivity contribution in [1.29, 1.82) is 0 Å². The molecule has 0 spiro atoms. The minimum Gasteiger partial charge on any atom is -0.398 e. The van der Waals surface area contributed by atoms with E-state index in [1.54, 1.807) is 6.07 Å². The van der Waals surface area contributed by atoms with E-state index in [-0.39, 0.29) is 5.94 Å². The summed E-state index contributed by atoms with van der Waals surface area (Å²) in [7, 11) is 0. The van der Waals surface area contributed by atoms with Gasteiger partial charge < -0.3 is 10.5 Å². The number of alkyl halides is 3. The number of thioether (sulfide) groups is 1. The molecule has 0 heterocycles. The van der Waals surface area contributed by atoms with E-state index in [9.17, 15) is 13.2 Å². The smallest absolute Gasteiger partial charge is 0.398 e. The Morgan fingerprint density at radius 2 is 2.06 bits per heavy atom. The molecule has 0 saturated heterocycles. The lowest BCUT2D eigenvalue weighted by atomic mass is 10.2. The molecule has 0 atom stereocenters. The first-order chi connectivity index (χ1) is 7.38. The number of benzene rings is 1. The molecule has 2 N–H and O–H groups in total. The summed E-state index contributed by atoms with van der Waals surface area (Å²) in [6.45, 7) is 0.659. The van der Waals surface area contributed by atoms with Crippen LogP contribution in [0.3, 0.4) is 0 Å². The molecule has 1 aromatic rings. The molecule has 0 radical (unpaired) electrons. The fourth-order valence-electron chi connectivity index (χ4n) is 1.03. The summed E-state index contributed by atoms with van der Waals surface area (Å²) in [6.07, 6.45) is -4.28. The predicted molar refractivity (Wildman–Crippen MR) is 58.3 cm³/mol. The van der Waals surface area contributed by atoms with Crippen molar-refractivity contribution < 1.29 is 17.9 Å². The molecule has 0 aromatic heterocycles. The summed E-state index contributed by atoms with van der Waals surface area (Å²) >= 11 is 1.15. The van der Waals surface area contributed by atoms with Gasteiger partial charge in [0, 0.05) is 10.6 Å². The van der Waals surface area contributed by atoms with Crippen LogP contribution in [0.15, 0.2) is 23.1 Å². The Morgan fingerprint density at radius 3 is 2.69 bits per heavy atom. The lowest BCUT2D eigenvalue weighted by Crippen LogP contribution is -2.16. The van der Waals surface area contributed by atoms with Crippen LogP contribution in [-0.4, -0.2) is 18.7 Å². The normalized spacial score (nSPS) is 11.8. The molecule has 2 nitrogen and oxygen atoms in total. The van der Waals surface area contributed by atoms with Crippen molar-refractivity contribution in [3.05, 3.63) is 23.8 Å². The van der Waals surface area contributed by atoms with Crippen molar-refractivity contribution >= 4 is 17.4 Å². The van der Waals surface area contributed by atoms with Gasteiger partial charge in [-0.25, -0.2) is 0 Å². The van der Waals surface area contributed by atoms with Gasteiger partial charge in [-0.2, -0.15) is 13.2 Å². The van der Waals surface area contributed by atoms with E-state index in [4.69, 9.17) is 5.73 Å². The van der Waals surface area contributed by atoms with Gasteiger partial charge in [-0.3, -0.25) is 0 Å². The number of nitrogens with two attached hydrogens (primary N) is 1. The Morgan fingerprint density at radius 1 is 1.38 bits per heavy atom. The number of ether oxygens (including phenoxy) is 1. The van der Waals surface area contributed by atoms with Crippen LogP contribution in [-0.2, 0) is 4.74 Å². The lowest BCUT2D eigenvalue weighted by Gasteiger charge is -2.09. The summed E-state index contributed by atoms with van der Waals surface area (Å²) in [5.74, 6) is -0.0623. The summed E-state index contributed by atoms with van der Waals surface area (Å²) < 4.78 is 39.8. The van der Waals surface area contributed by atoms with Crippen LogP contribution >= 0.6 is 11.8 Å². The molecular formula is C10H12F3NOS. The summed E-state index contributed by atoms with van der Waals surface area (Å²) in [5.41, 5.74) is 7.21. The van der Waals surface area contributed by atoms with Crippen LogP contribution in [0, 0.1) is 6.92 Å². The van der Waals surface area contributed by atoms with E-state index in [1.807, 2.05) is 19.1 Å². The van der Waals surface area contributed by atoms with Crippen molar-refractivity contribution in [3.8, 4) is 0 Å². The first kappa shape index (κ1) is 13.2. The molecule has 90 valence electrons. The number of nitrogen functional groups attached to an aromatic ring is 1. The van der Waals surface area contributed by atoms with Crippen molar-refractivity contribution in [2.75, 3.05) is 18.3 Å². The van der Waals surface area contributed by atoms with E-state index < -0.39 is 12.8 Å². The number of hydrogen-bond acceptors (Lipinski definition) is 3. The highest BCUT2D eigenvalue weighted by atomic mass is 32.2. The van der Waals surface area contributed by atoms with Crippen LogP contribution in [0.4, 0.5) is 18.9 Å². The number of aryl methyl sites for hydroxylation is 1. The molecule has 16 heavy (non-hydrogen) atoms. The zero-order valence-corrected chi connectivity index (χ0v) is 9.49. The second kappa shape index (κ2) is 5.45. The highest BCUT2D eigenvalue weighted by molar-refractivity contribution is 7.99. The van der Waals surface area contributed by atoms with Crippen molar-refractivity contribution in [3.63, 3.8) is 0 Å². The van der Waals surface area contributed by atoms with E-state index >= 15 is 0 Å². The molecule has 6 heteroatoms. The number of rotatable bonds is 4. The van der Waals surface area contributed by atoms with Crippen molar-refractivity contribution in [2.45, 2.75) is 18.0 Å². The number of hydrogen-bond donors (Lipinski definition) is 1. The Balaban J connectivity index is 2.40. The van der Waals surface area contributed by atoms with Gasteiger partial charge in [-0.15, -0.1) is 0 Å². The van der Waals surface area contributed by atoms with Gasteiger partial charge in [-0.05, 0) is 24.6 Å². The predicted octanol–water partition coefficient (Wildman–Crippen LogP) is 3.21. The highest BCUT2D eigenvalue weighted by Gasteiger charge is 2.27. The monoisotopic (exact) mass is 251 g/mol. The van der Waals surface area contributed by atoms with E-state index in [1.165, 1.54) is 0 Å². The molecule has 0 fully saturated rings. The molecule has 0 unspecified atom stereocenters. The summed E-state index contributed by atoms with van der Waals surface area (Å²) in [6, 6.07) is 5.38. The maximum Gasteiger partial charge on any atom is 0.411 e. The van der Waals surface area contributed by atoms with Crippen molar-refractivity contribution in [2.24, 2.45) is 0 Å². The minimum atomic E-state index is -4.28. The van der Waals surface area contributed by atoms with Gasteiger partial charge in [0.05, 0.1) is 5.94 Å². The number of anilines is 1. The van der Waals surface area contributed by atoms with Gasteiger partial charge in [-0.1, -0.05) is 17.8 Å².